The third kappa shape index (κ3) is 2.64. The van der Waals surface area contributed by atoms with Gasteiger partial charge in [-0.1, -0.05) is 18.2 Å². The van der Waals surface area contributed by atoms with Crippen molar-refractivity contribution in [1.82, 2.24) is 0 Å². The van der Waals surface area contributed by atoms with E-state index in [-0.39, 0.29) is 11.1 Å². The van der Waals surface area contributed by atoms with Crippen molar-refractivity contribution in [3.8, 4) is 6.07 Å². The van der Waals surface area contributed by atoms with E-state index in [0.717, 1.165) is 0 Å². The maximum Gasteiger partial charge on any atom is 0.402 e. The van der Waals surface area contributed by atoms with E-state index >= 15 is 0 Å². The molecule has 1 aliphatic rings. The second-order valence-electron chi connectivity index (χ2n) is 4.44. The van der Waals surface area contributed by atoms with E-state index in [0.29, 0.717) is 11.1 Å². The Hall–Kier alpha value is -2.35. The number of nitriles is 1. The van der Waals surface area contributed by atoms with Gasteiger partial charge < -0.3 is 0 Å². The van der Waals surface area contributed by atoms with E-state index in [4.69, 9.17) is 5.26 Å². The van der Waals surface area contributed by atoms with Crippen molar-refractivity contribution in [2.24, 2.45) is 5.92 Å². The van der Waals surface area contributed by atoms with E-state index in [1.807, 2.05) is 6.07 Å². The monoisotopic (exact) mass is 276 g/mol. The third-order valence-corrected chi connectivity index (χ3v) is 2.94. The standard InChI is InChI=1S/C15H9F3NO/c1-9-6-12(11-4-2-10(8-19)3-5-11)14(13(20)7-9)15(16,17)18/h2-6,14H,1H3. The number of hydrogen-bond acceptors (Lipinski definition) is 2. The Morgan fingerprint density at radius 3 is 2.35 bits per heavy atom. The lowest BCUT2D eigenvalue weighted by atomic mass is 9.83. The van der Waals surface area contributed by atoms with Crippen molar-refractivity contribution in [1.29, 1.82) is 5.26 Å². The molecule has 1 aromatic rings. The van der Waals surface area contributed by atoms with Gasteiger partial charge in [0.05, 0.1) is 11.6 Å². The molecule has 1 atom stereocenters. The number of benzene rings is 1. The van der Waals surface area contributed by atoms with Gasteiger partial charge in [-0.15, -0.1) is 0 Å². The van der Waals surface area contributed by atoms with Gasteiger partial charge in [-0.05, 0) is 35.8 Å². The maximum atomic E-state index is 13.0. The highest BCUT2D eigenvalue weighted by atomic mass is 19.4. The van der Waals surface area contributed by atoms with E-state index < -0.39 is 17.9 Å². The fourth-order valence-electron chi connectivity index (χ4n) is 2.07. The Morgan fingerprint density at radius 2 is 1.85 bits per heavy atom. The van der Waals surface area contributed by atoms with Crippen molar-refractivity contribution in [3.05, 3.63) is 53.1 Å². The molecular formula is C15H9F3NO. The maximum absolute atomic E-state index is 13.0. The van der Waals surface area contributed by atoms with Crippen molar-refractivity contribution >= 4 is 11.4 Å². The summed E-state index contributed by atoms with van der Waals surface area (Å²) >= 11 is 0. The summed E-state index contributed by atoms with van der Waals surface area (Å²) in [6.45, 7) is 1.52. The number of alkyl halides is 3. The van der Waals surface area contributed by atoms with Crippen molar-refractivity contribution in [2.75, 3.05) is 0 Å². The summed E-state index contributed by atoms with van der Waals surface area (Å²) in [5.41, 5.74) is 0.873. The predicted octanol–water partition coefficient (Wildman–Crippen LogP) is 3.45. The molecule has 0 aromatic heterocycles. The normalized spacial score (nSPS) is 19.1. The van der Waals surface area contributed by atoms with Crippen LogP contribution in [0.15, 0.2) is 35.9 Å². The molecular weight excluding hydrogens is 267 g/mol. The molecule has 1 radical (unpaired) electrons. The van der Waals surface area contributed by atoms with Crippen LogP contribution in [0.2, 0.25) is 0 Å². The summed E-state index contributed by atoms with van der Waals surface area (Å²) in [5.74, 6) is -3.28. The SMILES string of the molecule is CC1=[C]C(=O)C(C(F)(F)F)C(c2ccc(C#N)cc2)=C1. The summed E-state index contributed by atoms with van der Waals surface area (Å²) in [7, 11) is 0. The van der Waals surface area contributed by atoms with Gasteiger partial charge in [-0.25, -0.2) is 0 Å². The van der Waals surface area contributed by atoms with Crippen LogP contribution in [0.4, 0.5) is 13.2 Å². The third-order valence-electron chi connectivity index (χ3n) is 2.94. The van der Waals surface area contributed by atoms with E-state index in [2.05, 4.69) is 6.08 Å². The van der Waals surface area contributed by atoms with Crippen LogP contribution in [-0.2, 0) is 4.79 Å². The number of Topliss-reactive ketones (excluding diaryl/α,β-unsaturated/α-hetero) is 1. The summed E-state index contributed by atoms with van der Waals surface area (Å²) in [6, 6.07) is 7.56. The molecule has 20 heavy (non-hydrogen) atoms. The molecule has 2 rings (SSSR count). The van der Waals surface area contributed by atoms with Gasteiger partial charge in [0.1, 0.15) is 5.92 Å². The molecule has 2 nitrogen and oxygen atoms in total. The minimum atomic E-state index is -4.66. The first-order valence-electron chi connectivity index (χ1n) is 5.76. The van der Waals surface area contributed by atoms with Crippen molar-refractivity contribution < 1.29 is 18.0 Å². The number of carbonyl (C=O) groups is 1. The largest absolute Gasteiger partial charge is 0.402 e. The summed E-state index contributed by atoms with van der Waals surface area (Å²) < 4.78 is 39.1. The van der Waals surface area contributed by atoms with Gasteiger partial charge in [-0.2, -0.15) is 18.4 Å². The number of halogens is 3. The highest BCUT2D eigenvalue weighted by Gasteiger charge is 2.47. The van der Waals surface area contributed by atoms with Crippen LogP contribution >= 0.6 is 0 Å². The highest BCUT2D eigenvalue weighted by molar-refractivity contribution is 6.01. The molecule has 0 amide bonds. The average molecular weight is 276 g/mol. The Balaban J connectivity index is 2.52. The molecule has 0 heterocycles. The fourth-order valence-corrected chi connectivity index (χ4v) is 2.07. The molecule has 0 saturated heterocycles. The van der Waals surface area contributed by atoms with Crippen molar-refractivity contribution in [3.63, 3.8) is 0 Å². The predicted molar refractivity (Wildman–Crippen MR) is 66.1 cm³/mol. The molecule has 101 valence electrons. The van der Waals surface area contributed by atoms with E-state index in [1.54, 1.807) is 0 Å². The summed E-state index contributed by atoms with van der Waals surface area (Å²) in [5, 5.41) is 8.69. The van der Waals surface area contributed by atoms with Crippen LogP contribution in [0.25, 0.3) is 5.57 Å². The lowest BCUT2D eigenvalue weighted by Gasteiger charge is -2.24. The number of hydrogen-bond donors (Lipinski definition) is 0. The van der Waals surface area contributed by atoms with Crippen LogP contribution in [0.3, 0.4) is 0 Å². The lowest BCUT2D eigenvalue weighted by Crippen LogP contribution is -2.32. The molecule has 1 unspecified atom stereocenters. The zero-order valence-electron chi connectivity index (χ0n) is 10.5. The lowest BCUT2D eigenvalue weighted by molar-refractivity contribution is -0.166. The Labute approximate surface area is 113 Å². The molecule has 0 fully saturated rings. The molecule has 5 heteroatoms. The van der Waals surface area contributed by atoms with Crippen LogP contribution in [0.5, 0.6) is 0 Å². The first kappa shape index (κ1) is 14.1. The number of nitrogens with zero attached hydrogens (tertiary/aromatic N) is 1. The first-order chi connectivity index (χ1) is 9.32. The quantitative estimate of drug-likeness (QED) is 0.788. The summed E-state index contributed by atoms with van der Waals surface area (Å²) in [6.07, 6.45) is -1.17. The second-order valence-corrected chi connectivity index (χ2v) is 4.44. The molecule has 0 N–H and O–H groups in total. The van der Waals surface area contributed by atoms with Gasteiger partial charge in [0.25, 0.3) is 0 Å². The fraction of sp³-hybridized carbons (Fsp3) is 0.200. The average Bonchev–Trinajstić information content (AvgIpc) is 2.36. The van der Waals surface area contributed by atoms with E-state index in [9.17, 15) is 18.0 Å². The van der Waals surface area contributed by atoms with Crippen molar-refractivity contribution in [2.45, 2.75) is 13.1 Å². The Kier molecular flexibility index (Phi) is 3.49. The molecule has 0 saturated carbocycles. The molecule has 0 bridgehead atoms. The van der Waals surface area contributed by atoms with Crippen LogP contribution < -0.4 is 0 Å². The van der Waals surface area contributed by atoms with Crippen LogP contribution in [-0.4, -0.2) is 12.0 Å². The van der Waals surface area contributed by atoms with Gasteiger partial charge in [-0.3, -0.25) is 4.79 Å². The zero-order valence-corrected chi connectivity index (χ0v) is 10.5. The van der Waals surface area contributed by atoms with Crippen LogP contribution in [0, 0.1) is 23.3 Å². The number of carbonyl (C=O) groups excluding carboxylic acids is 1. The highest BCUT2D eigenvalue weighted by Crippen LogP contribution is 2.40. The minimum Gasteiger partial charge on any atom is -0.293 e. The van der Waals surface area contributed by atoms with Crippen LogP contribution in [0.1, 0.15) is 18.1 Å². The van der Waals surface area contributed by atoms with Gasteiger partial charge in [0.2, 0.25) is 0 Å². The van der Waals surface area contributed by atoms with E-state index in [1.165, 1.54) is 37.3 Å². The number of allylic oxidation sites excluding steroid dienone is 4. The topological polar surface area (TPSA) is 40.9 Å². The summed E-state index contributed by atoms with van der Waals surface area (Å²) in [4.78, 5) is 11.6. The first-order valence-corrected chi connectivity index (χ1v) is 5.76. The molecule has 1 aromatic carbocycles. The van der Waals surface area contributed by atoms with Gasteiger partial charge >= 0.3 is 6.18 Å². The number of ketones is 1. The van der Waals surface area contributed by atoms with Gasteiger partial charge in [0.15, 0.2) is 5.78 Å². The smallest absolute Gasteiger partial charge is 0.293 e. The molecule has 1 aliphatic carbocycles. The minimum absolute atomic E-state index is 0.108. The number of rotatable bonds is 1. The molecule has 0 spiro atoms. The molecule has 0 aliphatic heterocycles. The Bertz CT molecular complexity index is 645. The Morgan fingerprint density at radius 1 is 1.25 bits per heavy atom. The zero-order chi connectivity index (χ0) is 14.9. The second kappa shape index (κ2) is 4.97. The van der Waals surface area contributed by atoms with Gasteiger partial charge in [0, 0.05) is 6.08 Å².